The highest BCUT2D eigenvalue weighted by Crippen LogP contribution is 2.31. The lowest BCUT2D eigenvalue weighted by Gasteiger charge is -2.15. The highest BCUT2D eigenvalue weighted by Gasteiger charge is 2.27. The van der Waals surface area contributed by atoms with Crippen molar-refractivity contribution in [3.05, 3.63) is 46.0 Å². The number of hydrogen-bond acceptors (Lipinski definition) is 2. The number of benzene rings is 1. The first-order valence-corrected chi connectivity index (χ1v) is 6.43. The molecule has 0 saturated heterocycles. The van der Waals surface area contributed by atoms with Crippen molar-refractivity contribution < 1.29 is 18.0 Å². The van der Waals surface area contributed by atoms with Crippen LogP contribution in [-0.4, -0.2) is 16.1 Å². The van der Waals surface area contributed by atoms with E-state index in [1.165, 1.54) is 0 Å². The van der Waals surface area contributed by atoms with Crippen molar-refractivity contribution in [2.75, 3.05) is 0 Å². The highest BCUT2D eigenvalue weighted by molar-refractivity contribution is 6.32. The fraction of sp³-hybridized carbons (Fsp3) is 0.286. The maximum absolute atomic E-state index is 13.3. The predicted molar refractivity (Wildman–Crippen MR) is 72.5 cm³/mol. The van der Waals surface area contributed by atoms with Crippen LogP contribution in [0.3, 0.4) is 0 Å². The molecule has 0 aliphatic heterocycles. The molecule has 0 atom stereocenters. The summed E-state index contributed by atoms with van der Waals surface area (Å²) in [4.78, 5) is 11.2. The molecule has 7 heteroatoms. The summed E-state index contributed by atoms with van der Waals surface area (Å²) in [6.07, 6.45) is 0.530. The zero-order valence-electron chi connectivity index (χ0n) is 11.5. The molecule has 3 nitrogen and oxygen atoms in total. The molecule has 1 heterocycles. The molecule has 0 aliphatic rings. The number of carbonyl (C=O) groups excluding carboxylic acids is 1. The predicted octanol–water partition coefficient (Wildman–Crippen LogP) is 4.05. The molecule has 112 valence electrons. The van der Waals surface area contributed by atoms with Gasteiger partial charge >= 0.3 is 0 Å². The molecule has 0 radical (unpaired) electrons. The van der Waals surface area contributed by atoms with Crippen molar-refractivity contribution in [2.45, 2.75) is 26.2 Å². The molecule has 1 aromatic heterocycles. The number of rotatable bonds is 2. The molecular formula is C14H12ClF3N2O. The normalized spacial score (nSPS) is 11.8. The molecule has 0 aliphatic carbocycles. The van der Waals surface area contributed by atoms with E-state index < -0.39 is 22.9 Å². The summed E-state index contributed by atoms with van der Waals surface area (Å²) in [5, 5.41) is 4.05. The Labute approximate surface area is 124 Å². The van der Waals surface area contributed by atoms with Crippen LogP contribution in [0.25, 0.3) is 5.69 Å². The van der Waals surface area contributed by atoms with Gasteiger partial charge in [-0.1, -0.05) is 32.4 Å². The van der Waals surface area contributed by atoms with E-state index in [0.717, 1.165) is 16.8 Å². The fourth-order valence-electron chi connectivity index (χ4n) is 1.90. The minimum absolute atomic E-state index is 0.0830. The quantitative estimate of drug-likeness (QED) is 0.619. The van der Waals surface area contributed by atoms with Crippen LogP contribution < -0.4 is 0 Å². The fourth-order valence-corrected chi connectivity index (χ4v) is 2.17. The van der Waals surface area contributed by atoms with Crippen LogP contribution in [0.1, 0.15) is 36.8 Å². The van der Waals surface area contributed by atoms with Gasteiger partial charge in [0.15, 0.2) is 23.7 Å². The van der Waals surface area contributed by atoms with E-state index >= 15 is 0 Å². The van der Waals surface area contributed by atoms with Crippen molar-refractivity contribution >= 4 is 17.9 Å². The van der Waals surface area contributed by atoms with Gasteiger partial charge in [0.25, 0.3) is 0 Å². The second kappa shape index (κ2) is 5.18. The Balaban J connectivity index is 2.71. The first kappa shape index (κ1) is 15.6. The average molecular weight is 317 g/mol. The van der Waals surface area contributed by atoms with E-state index in [9.17, 15) is 18.0 Å². The van der Waals surface area contributed by atoms with E-state index in [0.29, 0.717) is 12.0 Å². The van der Waals surface area contributed by atoms with Gasteiger partial charge in [-0.25, -0.2) is 17.9 Å². The largest absolute Gasteiger partial charge is 0.298 e. The third kappa shape index (κ3) is 2.68. The molecule has 1 aromatic carbocycles. The number of hydrogen-bond donors (Lipinski definition) is 0. The molecule has 2 aromatic rings. The van der Waals surface area contributed by atoms with Gasteiger partial charge in [-0.05, 0) is 0 Å². The monoisotopic (exact) mass is 316 g/mol. The second-order valence-electron chi connectivity index (χ2n) is 5.56. The van der Waals surface area contributed by atoms with Gasteiger partial charge in [0, 0.05) is 17.5 Å². The maximum Gasteiger partial charge on any atom is 0.194 e. The number of nitrogens with zero attached hydrogens (tertiary/aromatic N) is 2. The molecule has 0 fully saturated rings. The standard InChI is InChI=1S/C14H12ClF3N2O/c1-14(2,3)12-8(6-21)13(15)20(19-12)7-4-9(16)11(18)10(17)5-7/h4-6H,1-3H3. The summed E-state index contributed by atoms with van der Waals surface area (Å²) >= 11 is 6.05. The minimum atomic E-state index is -1.58. The Morgan fingerprint density at radius 1 is 1.19 bits per heavy atom. The Bertz CT molecular complexity index is 697. The van der Waals surface area contributed by atoms with Gasteiger partial charge in [-0.3, -0.25) is 4.79 Å². The maximum atomic E-state index is 13.3. The van der Waals surface area contributed by atoms with E-state index in [-0.39, 0.29) is 16.4 Å². The number of halogens is 4. The van der Waals surface area contributed by atoms with Gasteiger partial charge in [-0.2, -0.15) is 5.10 Å². The highest BCUT2D eigenvalue weighted by atomic mass is 35.5. The van der Waals surface area contributed by atoms with Crippen LogP contribution in [0.4, 0.5) is 13.2 Å². The topological polar surface area (TPSA) is 34.9 Å². The molecular weight excluding hydrogens is 305 g/mol. The zero-order valence-corrected chi connectivity index (χ0v) is 12.3. The van der Waals surface area contributed by atoms with Gasteiger partial charge in [0.05, 0.1) is 16.9 Å². The van der Waals surface area contributed by atoms with Crippen molar-refractivity contribution in [3.8, 4) is 5.69 Å². The first-order chi connectivity index (χ1) is 9.66. The third-order valence-electron chi connectivity index (χ3n) is 2.90. The van der Waals surface area contributed by atoms with Crippen molar-refractivity contribution in [1.82, 2.24) is 9.78 Å². The lowest BCUT2D eigenvalue weighted by molar-refractivity contribution is 0.112. The Morgan fingerprint density at radius 3 is 2.10 bits per heavy atom. The number of aldehydes is 1. The van der Waals surface area contributed by atoms with Crippen LogP contribution in [0.5, 0.6) is 0 Å². The van der Waals surface area contributed by atoms with E-state index in [1.807, 2.05) is 20.8 Å². The lowest BCUT2D eigenvalue weighted by Crippen LogP contribution is -2.14. The van der Waals surface area contributed by atoms with Crippen LogP contribution in [-0.2, 0) is 5.41 Å². The molecule has 0 saturated carbocycles. The molecule has 0 bridgehead atoms. The molecule has 0 N–H and O–H groups in total. The zero-order chi connectivity index (χ0) is 15.9. The Kier molecular flexibility index (Phi) is 3.84. The summed E-state index contributed by atoms with van der Waals surface area (Å²) in [6, 6.07) is 1.52. The van der Waals surface area contributed by atoms with Crippen molar-refractivity contribution in [2.24, 2.45) is 0 Å². The SMILES string of the molecule is CC(C)(C)c1nn(-c2cc(F)c(F)c(F)c2)c(Cl)c1C=O. The summed E-state index contributed by atoms with van der Waals surface area (Å²) < 4.78 is 40.6. The molecule has 21 heavy (non-hydrogen) atoms. The van der Waals surface area contributed by atoms with Gasteiger partial charge in [0.1, 0.15) is 5.15 Å². The minimum Gasteiger partial charge on any atom is -0.298 e. The van der Waals surface area contributed by atoms with Gasteiger partial charge < -0.3 is 0 Å². The van der Waals surface area contributed by atoms with Crippen LogP contribution in [0.2, 0.25) is 5.15 Å². The summed E-state index contributed by atoms with van der Waals surface area (Å²) in [5.41, 5.74) is -0.0839. The lowest BCUT2D eigenvalue weighted by atomic mass is 9.90. The number of aromatic nitrogens is 2. The van der Waals surface area contributed by atoms with Crippen molar-refractivity contribution in [1.29, 1.82) is 0 Å². The molecule has 0 unspecified atom stereocenters. The Morgan fingerprint density at radius 2 is 1.71 bits per heavy atom. The van der Waals surface area contributed by atoms with E-state index in [2.05, 4.69) is 5.10 Å². The van der Waals surface area contributed by atoms with Crippen molar-refractivity contribution in [3.63, 3.8) is 0 Å². The first-order valence-electron chi connectivity index (χ1n) is 6.06. The number of carbonyl (C=O) groups is 1. The molecule has 0 amide bonds. The van der Waals surface area contributed by atoms with Crippen LogP contribution in [0.15, 0.2) is 12.1 Å². The summed E-state index contributed by atoms with van der Waals surface area (Å²) in [7, 11) is 0. The average Bonchev–Trinajstić information content (AvgIpc) is 2.72. The smallest absolute Gasteiger partial charge is 0.194 e. The Hall–Kier alpha value is -1.82. The third-order valence-corrected chi connectivity index (χ3v) is 3.27. The van der Waals surface area contributed by atoms with E-state index in [4.69, 9.17) is 11.6 Å². The molecule has 0 spiro atoms. The van der Waals surface area contributed by atoms with Crippen LogP contribution >= 0.6 is 11.6 Å². The van der Waals surface area contributed by atoms with Gasteiger partial charge in [-0.15, -0.1) is 0 Å². The van der Waals surface area contributed by atoms with Gasteiger partial charge in [0.2, 0.25) is 0 Å². The van der Waals surface area contributed by atoms with E-state index in [1.54, 1.807) is 0 Å². The van der Waals surface area contributed by atoms with Crippen LogP contribution in [0, 0.1) is 17.5 Å². The summed E-state index contributed by atoms with van der Waals surface area (Å²) in [5.74, 6) is -4.29. The molecule has 2 rings (SSSR count). The second-order valence-corrected chi connectivity index (χ2v) is 5.91. The summed E-state index contributed by atoms with van der Waals surface area (Å²) in [6.45, 7) is 5.44.